The van der Waals surface area contributed by atoms with Gasteiger partial charge in [-0.1, -0.05) is 5.16 Å². The van der Waals surface area contributed by atoms with Gasteiger partial charge in [-0.25, -0.2) is 8.78 Å². The minimum absolute atomic E-state index is 0.0338. The summed E-state index contributed by atoms with van der Waals surface area (Å²) in [6.45, 7) is 2.04. The highest BCUT2D eigenvalue weighted by Gasteiger charge is 2.40. The van der Waals surface area contributed by atoms with Gasteiger partial charge in [-0.2, -0.15) is 0 Å². The molecule has 18 heavy (non-hydrogen) atoms. The van der Waals surface area contributed by atoms with E-state index in [1.807, 2.05) is 0 Å². The van der Waals surface area contributed by atoms with Crippen molar-refractivity contribution in [3.8, 4) is 0 Å². The highest BCUT2D eigenvalue weighted by Crippen LogP contribution is 2.37. The molecule has 0 heterocycles. The summed E-state index contributed by atoms with van der Waals surface area (Å²) in [4.78, 5) is 13.4. The van der Waals surface area contributed by atoms with Crippen LogP contribution >= 0.6 is 0 Å². The number of rotatable bonds is 4. The second-order valence-electron chi connectivity index (χ2n) is 4.59. The average Bonchev–Trinajstić information content (AvgIpc) is 2.33. The number of alkyl halides is 2. The molecule has 1 atom stereocenters. The predicted molar refractivity (Wildman–Crippen MR) is 62.6 cm³/mol. The summed E-state index contributed by atoms with van der Waals surface area (Å²) in [5.41, 5.74) is 5.33. The van der Waals surface area contributed by atoms with Crippen molar-refractivity contribution in [2.24, 2.45) is 16.8 Å². The largest absolute Gasteiger partial charge is 0.409 e. The first-order valence-electron chi connectivity index (χ1n) is 6.02. The van der Waals surface area contributed by atoms with Crippen LogP contribution in [0.4, 0.5) is 8.78 Å². The van der Waals surface area contributed by atoms with Crippen molar-refractivity contribution in [1.82, 2.24) is 4.90 Å². The molecule has 104 valence electrons. The number of oxime groups is 1. The molecule has 0 aromatic rings. The first kappa shape index (κ1) is 14.7. The number of carbonyl (C=O) groups is 1. The normalized spacial score (nSPS) is 23.7. The molecule has 7 heteroatoms. The van der Waals surface area contributed by atoms with E-state index in [0.29, 0.717) is 19.4 Å². The minimum atomic E-state index is -2.76. The first-order chi connectivity index (χ1) is 8.39. The van der Waals surface area contributed by atoms with Gasteiger partial charge in [0.1, 0.15) is 0 Å². The number of likely N-dealkylation sites (N-methyl/N-ethyl adjacent to an activating group) is 1. The summed E-state index contributed by atoms with van der Waals surface area (Å²) in [6, 6.07) is 0. The number of amides is 1. The third kappa shape index (κ3) is 3.82. The molecule has 0 spiro atoms. The van der Waals surface area contributed by atoms with Gasteiger partial charge in [-0.15, -0.1) is 0 Å². The fourth-order valence-electron chi connectivity index (χ4n) is 2.21. The second-order valence-corrected chi connectivity index (χ2v) is 4.59. The number of nitrogens with zero attached hydrogens (tertiary/aromatic N) is 2. The zero-order chi connectivity index (χ0) is 13.8. The van der Waals surface area contributed by atoms with Crippen LogP contribution in [-0.2, 0) is 4.79 Å². The highest BCUT2D eigenvalue weighted by molar-refractivity contribution is 5.87. The molecule has 0 aliphatic heterocycles. The Morgan fingerprint density at radius 3 is 2.78 bits per heavy atom. The van der Waals surface area contributed by atoms with Crippen LogP contribution in [0, 0.1) is 5.92 Å². The van der Waals surface area contributed by atoms with Crippen LogP contribution < -0.4 is 5.73 Å². The van der Waals surface area contributed by atoms with E-state index in [1.165, 1.54) is 4.90 Å². The molecule has 3 N–H and O–H groups in total. The van der Waals surface area contributed by atoms with Gasteiger partial charge in [0.05, 0.1) is 6.54 Å². The molecule has 1 unspecified atom stereocenters. The summed E-state index contributed by atoms with van der Waals surface area (Å²) in [5.74, 6) is -3.87. The fraction of sp³-hybridized carbons (Fsp3) is 0.818. The summed E-state index contributed by atoms with van der Waals surface area (Å²) in [6.07, 6.45) is 0.271. The molecule has 0 aromatic heterocycles. The second kappa shape index (κ2) is 5.97. The number of amidine groups is 1. The Bertz CT molecular complexity index is 334. The van der Waals surface area contributed by atoms with E-state index in [9.17, 15) is 13.6 Å². The molecular formula is C11H19F2N3O2. The molecule has 1 aliphatic rings. The quantitative estimate of drug-likeness (QED) is 0.348. The van der Waals surface area contributed by atoms with Crippen LogP contribution in [0.3, 0.4) is 0 Å². The van der Waals surface area contributed by atoms with Gasteiger partial charge in [-0.05, 0) is 19.8 Å². The van der Waals surface area contributed by atoms with Crippen molar-refractivity contribution >= 4 is 11.7 Å². The van der Waals surface area contributed by atoms with E-state index in [4.69, 9.17) is 10.9 Å². The lowest BCUT2D eigenvalue weighted by molar-refractivity contribution is -0.141. The number of halogens is 2. The maximum atomic E-state index is 13.3. The molecule has 5 nitrogen and oxygen atoms in total. The Kier molecular flexibility index (Phi) is 4.86. The zero-order valence-electron chi connectivity index (χ0n) is 10.4. The number of nitrogens with two attached hydrogens (primary N) is 1. The van der Waals surface area contributed by atoms with E-state index in [1.54, 1.807) is 6.92 Å². The monoisotopic (exact) mass is 263 g/mol. The Labute approximate surface area is 105 Å². The Morgan fingerprint density at radius 1 is 1.61 bits per heavy atom. The van der Waals surface area contributed by atoms with E-state index in [2.05, 4.69) is 5.16 Å². The Morgan fingerprint density at radius 2 is 2.28 bits per heavy atom. The van der Waals surface area contributed by atoms with Gasteiger partial charge < -0.3 is 15.8 Å². The van der Waals surface area contributed by atoms with Gasteiger partial charge in [0.15, 0.2) is 5.84 Å². The summed E-state index contributed by atoms with van der Waals surface area (Å²) >= 11 is 0. The zero-order valence-corrected chi connectivity index (χ0v) is 10.4. The van der Waals surface area contributed by atoms with Gasteiger partial charge in [0.25, 0.3) is 0 Å². The van der Waals surface area contributed by atoms with Gasteiger partial charge >= 0.3 is 0 Å². The lowest BCUT2D eigenvalue weighted by atomic mass is 9.85. The van der Waals surface area contributed by atoms with Crippen LogP contribution in [0.1, 0.15) is 32.6 Å². The van der Waals surface area contributed by atoms with E-state index < -0.39 is 18.3 Å². The van der Waals surface area contributed by atoms with Crippen molar-refractivity contribution in [3.63, 3.8) is 0 Å². The lowest BCUT2D eigenvalue weighted by Crippen LogP contribution is -2.44. The van der Waals surface area contributed by atoms with Gasteiger partial charge in [0, 0.05) is 25.3 Å². The van der Waals surface area contributed by atoms with Crippen molar-refractivity contribution in [3.05, 3.63) is 0 Å². The molecular weight excluding hydrogens is 244 g/mol. The smallest absolute Gasteiger partial charge is 0.248 e. The molecule has 1 amide bonds. The van der Waals surface area contributed by atoms with Crippen LogP contribution in [0.5, 0.6) is 0 Å². The van der Waals surface area contributed by atoms with Crippen molar-refractivity contribution in [1.29, 1.82) is 0 Å². The minimum Gasteiger partial charge on any atom is -0.409 e. The van der Waals surface area contributed by atoms with E-state index >= 15 is 0 Å². The third-order valence-electron chi connectivity index (χ3n) is 3.16. The first-order valence-corrected chi connectivity index (χ1v) is 6.02. The number of hydrogen-bond acceptors (Lipinski definition) is 3. The van der Waals surface area contributed by atoms with Gasteiger partial charge in [0.2, 0.25) is 11.8 Å². The summed E-state index contributed by atoms with van der Waals surface area (Å²) in [7, 11) is 0. The molecule has 1 saturated carbocycles. The van der Waals surface area contributed by atoms with Gasteiger partial charge in [-0.3, -0.25) is 4.79 Å². The molecule has 1 rings (SSSR count). The Balaban J connectivity index is 2.66. The standard InChI is InChI=1S/C11H19F2N3O2/c1-2-16(7-9(14)15-18)10(17)8-4-3-5-11(12,13)6-8/h8,18H,2-7H2,1H3,(H2,14,15). The van der Waals surface area contributed by atoms with Crippen molar-refractivity contribution < 1.29 is 18.8 Å². The molecule has 0 saturated heterocycles. The lowest BCUT2D eigenvalue weighted by Gasteiger charge is -2.31. The summed E-state index contributed by atoms with van der Waals surface area (Å²) in [5, 5.41) is 11.2. The van der Waals surface area contributed by atoms with Crippen molar-refractivity contribution in [2.75, 3.05) is 13.1 Å². The van der Waals surface area contributed by atoms with Crippen LogP contribution in [-0.4, -0.2) is 40.9 Å². The average molecular weight is 263 g/mol. The Hall–Kier alpha value is -1.40. The molecule has 0 radical (unpaired) electrons. The van der Waals surface area contributed by atoms with Crippen LogP contribution in [0.15, 0.2) is 5.16 Å². The third-order valence-corrected chi connectivity index (χ3v) is 3.16. The topological polar surface area (TPSA) is 78.9 Å². The molecule has 0 aromatic carbocycles. The van der Waals surface area contributed by atoms with E-state index in [-0.39, 0.29) is 24.7 Å². The number of carbonyl (C=O) groups excluding carboxylic acids is 1. The van der Waals surface area contributed by atoms with Crippen LogP contribution in [0.25, 0.3) is 0 Å². The molecule has 1 fully saturated rings. The maximum Gasteiger partial charge on any atom is 0.248 e. The maximum absolute atomic E-state index is 13.3. The van der Waals surface area contributed by atoms with E-state index in [0.717, 1.165) is 0 Å². The summed E-state index contributed by atoms with van der Waals surface area (Å²) < 4.78 is 26.5. The molecule has 0 bridgehead atoms. The van der Waals surface area contributed by atoms with Crippen LogP contribution in [0.2, 0.25) is 0 Å². The molecule has 1 aliphatic carbocycles. The highest BCUT2D eigenvalue weighted by atomic mass is 19.3. The van der Waals surface area contributed by atoms with Crippen molar-refractivity contribution in [2.45, 2.75) is 38.5 Å². The SMILES string of the molecule is CCN(CC(N)=NO)C(=O)C1CCCC(F)(F)C1. The number of hydrogen-bond donors (Lipinski definition) is 2. The predicted octanol–water partition coefficient (Wildman–Crippen LogP) is 1.41. The fourth-order valence-corrected chi connectivity index (χ4v) is 2.21.